The largest absolute Gasteiger partial charge is 0.497 e. The van der Waals surface area contributed by atoms with E-state index < -0.39 is 0 Å². The highest BCUT2D eigenvalue weighted by Crippen LogP contribution is 2.41. The number of nitrogens with zero attached hydrogens (tertiary/aromatic N) is 2. The number of aromatic nitrogens is 2. The Bertz CT molecular complexity index is 640. The van der Waals surface area contributed by atoms with E-state index in [1.807, 2.05) is 30.8 Å². The normalized spacial score (nSPS) is 23.6. The second-order valence-corrected chi connectivity index (χ2v) is 7.31. The lowest BCUT2D eigenvalue weighted by molar-refractivity contribution is 0.415. The molecule has 0 saturated heterocycles. The van der Waals surface area contributed by atoms with Gasteiger partial charge in [0, 0.05) is 17.4 Å². The minimum atomic E-state index is -0.0912. The quantitative estimate of drug-likeness (QED) is 0.756. The number of rotatable bonds is 4. The third-order valence-corrected chi connectivity index (χ3v) is 5.68. The summed E-state index contributed by atoms with van der Waals surface area (Å²) in [4.78, 5) is 4.77. The van der Waals surface area contributed by atoms with Gasteiger partial charge >= 0.3 is 0 Å². The van der Waals surface area contributed by atoms with E-state index in [-0.39, 0.29) is 5.38 Å². The lowest BCUT2D eigenvalue weighted by atomic mass is 10.2. The van der Waals surface area contributed by atoms with Gasteiger partial charge in [-0.2, -0.15) is 11.8 Å². The third kappa shape index (κ3) is 2.64. The Morgan fingerprint density at radius 2 is 2.24 bits per heavy atom. The molecule has 5 heteroatoms. The topological polar surface area (TPSA) is 27.1 Å². The van der Waals surface area contributed by atoms with Gasteiger partial charge in [0.05, 0.1) is 23.5 Å². The van der Waals surface area contributed by atoms with E-state index in [1.54, 1.807) is 7.11 Å². The summed E-state index contributed by atoms with van der Waals surface area (Å²) in [5.41, 5.74) is 2.15. The molecule has 1 saturated carbocycles. The van der Waals surface area contributed by atoms with Gasteiger partial charge in [0.15, 0.2) is 0 Å². The first-order valence-electron chi connectivity index (χ1n) is 7.38. The molecular weight excluding hydrogens is 304 g/mol. The minimum absolute atomic E-state index is 0.0912. The number of halogens is 1. The Balaban J connectivity index is 2.19. The number of alkyl halides is 1. The van der Waals surface area contributed by atoms with Crippen LogP contribution < -0.4 is 4.74 Å². The first-order chi connectivity index (χ1) is 10.2. The number of imidazole rings is 1. The smallest absolute Gasteiger partial charge is 0.128 e. The van der Waals surface area contributed by atoms with Gasteiger partial charge in [-0.15, -0.1) is 11.6 Å². The van der Waals surface area contributed by atoms with E-state index in [2.05, 4.69) is 16.9 Å². The van der Waals surface area contributed by atoms with Crippen molar-refractivity contribution >= 4 is 34.4 Å². The summed E-state index contributed by atoms with van der Waals surface area (Å²) in [6.07, 6.45) is 5.94. The SMILES string of the molecule is COc1ccc2nc(C(C)Cl)n(C3CCCC3SC)c2c1. The molecule has 0 bridgehead atoms. The molecule has 21 heavy (non-hydrogen) atoms. The molecule has 2 aromatic rings. The molecule has 0 radical (unpaired) electrons. The Morgan fingerprint density at radius 3 is 2.90 bits per heavy atom. The maximum absolute atomic E-state index is 6.40. The highest BCUT2D eigenvalue weighted by Gasteiger charge is 2.31. The van der Waals surface area contributed by atoms with E-state index >= 15 is 0 Å². The summed E-state index contributed by atoms with van der Waals surface area (Å²) in [5.74, 6) is 1.85. The number of thioether (sulfide) groups is 1. The molecule has 1 fully saturated rings. The molecule has 0 spiro atoms. The maximum Gasteiger partial charge on any atom is 0.128 e. The third-order valence-electron chi connectivity index (χ3n) is 4.33. The molecular formula is C16H21ClN2OS. The van der Waals surface area contributed by atoms with Crippen molar-refractivity contribution in [2.75, 3.05) is 13.4 Å². The van der Waals surface area contributed by atoms with Gasteiger partial charge in [-0.1, -0.05) is 6.42 Å². The van der Waals surface area contributed by atoms with Crippen LogP contribution in [0.1, 0.15) is 43.4 Å². The van der Waals surface area contributed by atoms with Crippen LogP contribution in [0.15, 0.2) is 18.2 Å². The Morgan fingerprint density at radius 1 is 1.43 bits per heavy atom. The molecule has 3 nitrogen and oxygen atoms in total. The molecule has 0 N–H and O–H groups in total. The average Bonchev–Trinajstić information content (AvgIpc) is 3.09. The van der Waals surface area contributed by atoms with Gasteiger partial charge in [0.2, 0.25) is 0 Å². The molecule has 1 aromatic carbocycles. The summed E-state index contributed by atoms with van der Waals surface area (Å²) in [5, 5.41) is 0.550. The van der Waals surface area contributed by atoms with Crippen LogP contribution in [-0.2, 0) is 0 Å². The summed E-state index contributed by atoms with van der Waals surface area (Å²) in [7, 11) is 1.70. The Labute approximate surface area is 135 Å². The van der Waals surface area contributed by atoms with Gasteiger partial charge in [0.25, 0.3) is 0 Å². The van der Waals surface area contributed by atoms with E-state index in [0.29, 0.717) is 11.3 Å². The van der Waals surface area contributed by atoms with E-state index in [1.165, 1.54) is 19.3 Å². The van der Waals surface area contributed by atoms with Crippen LogP contribution in [0.3, 0.4) is 0 Å². The number of hydrogen-bond acceptors (Lipinski definition) is 3. The first kappa shape index (κ1) is 15.0. The van der Waals surface area contributed by atoms with Crippen LogP contribution >= 0.6 is 23.4 Å². The number of ether oxygens (including phenoxy) is 1. The number of benzene rings is 1. The van der Waals surface area contributed by atoms with Crippen LogP contribution in [0.5, 0.6) is 5.75 Å². The summed E-state index contributed by atoms with van der Waals surface area (Å²) < 4.78 is 7.75. The predicted octanol–water partition coefficient (Wildman–Crippen LogP) is 4.80. The summed E-state index contributed by atoms with van der Waals surface area (Å²) in [6.45, 7) is 2.00. The predicted molar refractivity (Wildman–Crippen MR) is 90.7 cm³/mol. The van der Waals surface area contributed by atoms with E-state index in [9.17, 15) is 0 Å². The van der Waals surface area contributed by atoms with Crippen molar-refractivity contribution < 1.29 is 4.74 Å². The molecule has 0 aliphatic heterocycles. The monoisotopic (exact) mass is 324 g/mol. The second-order valence-electron chi connectivity index (χ2n) is 5.58. The molecule has 1 aromatic heterocycles. The number of fused-ring (bicyclic) bond motifs is 1. The fourth-order valence-electron chi connectivity index (χ4n) is 3.32. The van der Waals surface area contributed by atoms with E-state index in [4.69, 9.17) is 21.3 Å². The maximum atomic E-state index is 6.40. The first-order valence-corrected chi connectivity index (χ1v) is 9.11. The van der Waals surface area contributed by atoms with Crippen molar-refractivity contribution in [1.82, 2.24) is 9.55 Å². The van der Waals surface area contributed by atoms with Crippen molar-refractivity contribution in [3.63, 3.8) is 0 Å². The molecule has 114 valence electrons. The number of methoxy groups -OCH3 is 1. The minimum Gasteiger partial charge on any atom is -0.497 e. The van der Waals surface area contributed by atoms with Crippen molar-refractivity contribution in [2.24, 2.45) is 0 Å². The van der Waals surface area contributed by atoms with Gasteiger partial charge in [-0.3, -0.25) is 0 Å². The highest BCUT2D eigenvalue weighted by atomic mass is 35.5. The molecule has 3 atom stereocenters. The van der Waals surface area contributed by atoms with Crippen LogP contribution in [-0.4, -0.2) is 28.2 Å². The van der Waals surface area contributed by atoms with Crippen LogP contribution in [0.25, 0.3) is 11.0 Å². The van der Waals surface area contributed by atoms with Crippen molar-refractivity contribution in [1.29, 1.82) is 0 Å². The Hall–Kier alpha value is -0.870. The lowest BCUT2D eigenvalue weighted by Gasteiger charge is -2.23. The van der Waals surface area contributed by atoms with Crippen molar-refractivity contribution in [3.8, 4) is 5.75 Å². The molecule has 0 amide bonds. The summed E-state index contributed by atoms with van der Waals surface area (Å²) in [6, 6.07) is 6.55. The van der Waals surface area contributed by atoms with Crippen molar-refractivity contribution in [3.05, 3.63) is 24.0 Å². The van der Waals surface area contributed by atoms with Gasteiger partial charge in [-0.05, 0) is 38.2 Å². The van der Waals surface area contributed by atoms with Crippen LogP contribution in [0.4, 0.5) is 0 Å². The zero-order chi connectivity index (χ0) is 15.0. The zero-order valence-electron chi connectivity index (χ0n) is 12.7. The fourth-order valence-corrected chi connectivity index (χ4v) is 4.45. The van der Waals surface area contributed by atoms with Gasteiger partial charge in [-0.25, -0.2) is 4.98 Å². The number of hydrogen-bond donors (Lipinski definition) is 0. The standard InChI is InChI=1S/C16H21ClN2OS/c1-10(17)16-18-12-8-7-11(20-2)9-14(12)19(16)13-5-4-6-15(13)21-3/h7-10,13,15H,4-6H2,1-3H3. The van der Waals surface area contributed by atoms with Crippen LogP contribution in [0, 0.1) is 0 Å². The zero-order valence-corrected chi connectivity index (χ0v) is 14.2. The second kappa shape index (κ2) is 6.09. The van der Waals surface area contributed by atoms with Gasteiger partial charge < -0.3 is 9.30 Å². The van der Waals surface area contributed by atoms with Gasteiger partial charge in [0.1, 0.15) is 11.6 Å². The molecule has 3 unspecified atom stereocenters. The van der Waals surface area contributed by atoms with Crippen molar-refractivity contribution in [2.45, 2.75) is 42.9 Å². The molecule has 3 rings (SSSR count). The molecule has 1 heterocycles. The molecule has 1 aliphatic rings. The average molecular weight is 325 g/mol. The fraction of sp³-hybridized carbons (Fsp3) is 0.562. The van der Waals surface area contributed by atoms with Crippen LogP contribution in [0.2, 0.25) is 0 Å². The molecule has 1 aliphatic carbocycles. The Kier molecular flexibility index (Phi) is 4.36. The lowest BCUT2D eigenvalue weighted by Crippen LogP contribution is -2.18. The highest BCUT2D eigenvalue weighted by molar-refractivity contribution is 7.99. The summed E-state index contributed by atoms with van der Waals surface area (Å²) >= 11 is 8.36. The van der Waals surface area contributed by atoms with E-state index in [0.717, 1.165) is 22.6 Å².